The van der Waals surface area contributed by atoms with Crippen LogP contribution in [-0.4, -0.2) is 60.6 Å². The summed E-state index contributed by atoms with van der Waals surface area (Å²) in [5.41, 5.74) is 5.61. The van der Waals surface area contributed by atoms with Gasteiger partial charge in [0.2, 0.25) is 0 Å². The van der Waals surface area contributed by atoms with Crippen molar-refractivity contribution < 1.29 is 33.0 Å². The molecule has 1 fully saturated rings. The fourth-order valence-corrected chi connectivity index (χ4v) is 5.18. The molecular formula is C26H26N3O7P. The van der Waals surface area contributed by atoms with E-state index in [9.17, 15) is 19.0 Å². The predicted octanol–water partition coefficient (Wildman–Crippen LogP) is 3.44. The van der Waals surface area contributed by atoms with E-state index in [-0.39, 0.29) is 32.2 Å². The molecule has 0 saturated carbocycles. The maximum absolute atomic E-state index is 13.2. The summed E-state index contributed by atoms with van der Waals surface area (Å²) in [6, 6.07) is 15.6. The zero-order valence-corrected chi connectivity index (χ0v) is 21.1. The number of hydrogen-bond donors (Lipinski definition) is 1. The number of allylic oxidation sites excluding steroid dienone is 1. The molecule has 1 saturated heterocycles. The van der Waals surface area contributed by atoms with Crippen LogP contribution >= 0.6 is 8.25 Å². The molecular weight excluding hydrogens is 497 g/mol. The van der Waals surface area contributed by atoms with Crippen molar-refractivity contribution in [2.45, 2.75) is 25.2 Å². The average Bonchev–Trinajstić information content (AvgIpc) is 3.21. The molecule has 3 amide bonds. The number of urea groups is 1. The quantitative estimate of drug-likeness (QED) is 0.576. The fourth-order valence-electron chi connectivity index (χ4n) is 4.89. The van der Waals surface area contributed by atoms with Crippen LogP contribution in [-0.2, 0) is 18.6 Å². The number of carbonyl (C=O) groups is 2. The second-order valence-corrected chi connectivity index (χ2v) is 9.77. The van der Waals surface area contributed by atoms with Crippen molar-refractivity contribution >= 4 is 20.4 Å². The molecule has 11 heteroatoms. The van der Waals surface area contributed by atoms with Gasteiger partial charge in [0.15, 0.2) is 6.23 Å². The largest absolute Gasteiger partial charge is 0.566 e. The molecule has 3 unspecified atom stereocenters. The number of rotatable bonds is 6. The van der Waals surface area contributed by atoms with Crippen LogP contribution in [0.5, 0.6) is 0 Å². The molecule has 0 bridgehead atoms. The van der Waals surface area contributed by atoms with Gasteiger partial charge < -0.3 is 24.6 Å². The molecule has 37 heavy (non-hydrogen) atoms. The number of hydrogen-bond acceptors (Lipinski definition) is 7. The van der Waals surface area contributed by atoms with Crippen LogP contribution in [0.4, 0.5) is 9.59 Å². The number of nitrogens with one attached hydrogen (secondary N) is 1. The van der Waals surface area contributed by atoms with E-state index in [4.69, 9.17) is 14.0 Å². The second kappa shape index (κ2) is 10.4. The highest BCUT2D eigenvalue weighted by Crippen LogP contribution is 2.44. The number of ether oxygens (including phenoxy) is 2. The Labute approximate surface area is 215 Å². The third kappa shape index (κ3) is 5.14. The zero-order valence-electron chi connectivity index (χ0n) is 20.2. The monoisotopic (exact) mass is 523 g/mol. The van der Waals surface area contributed by atoms with Crippen LogP contribution in [0, 0.1) is 0 Å². The van der Waals surface area contributed by atoms with E-state index in [0.29, 0.717) is 5.70 Å². The van der Waals surface area contributed by atoms with Crippen molar-refractivity contribution in [3.63, 3.8) is 0 Å². The molecule has 0 spiro atoms. The Kier molecular flexibility index (Phi) is 7.08. The van der Waals surface area contributed by atoms with Crippen LogP contribution in [0.1, 0.15) is 24.0 Å². The summed E-state index contributed by atoms with van der Waals surface area (Å²) < 4.78 is 27.4. The van der Waals surface area contributed by atoms with Crippen LogP contribution in [0.2, 0.25) is 0 Å². The van der Waals surface area contributed by atoms with Gasteiger partial charge in [-0.15, -0.1) is 4.52 Å². The molecule has 1 aliphatic carbocycles. The van der Waals surface area contributed by atoms with Crippen molar-refractivity contribution in [1.82, 2.24) is 15.1 Å². The summed E-state index contributed by atoms with van der Waals surface area (Å²) in [5, 5.41) is 2.65. The predicted molar refractivity (Wildman–Crippen MR) is 132 cm³/mol. The lowest BCUT2D eigenvalue weighted by atomic mass is 9.98. The first-order valence-electron chi connectivity index (χ1n) is 11.8. The van der Waals surface area contributed by atoms with Gasteiger partial charge in [0.1, 0.15) is 19.3 Å². The lowest BCUT2D eigenvalue weighted by Gasteiger charge is -2.41. The van der Waals surface area contributed by atoms with E-state index in [2.05, 4.69) is 24.0 Å². The maximum Gasteiger partial charge on any atom is 0.488 e. The summed E-state index contributed by atoms with van der Waals surface area (Å²) >= 11 is 0. The van der Waals surface area contributed by atoms with Gasteiger partial charge in [-0.25, -0.2) is 9.59 Å². The van der Waals surface area contributed by atoms with E-state index in [1.165, 1.54) is 9.80 Å². The first-order valence-corrected chi connectivity index (χ1v) is 12.9. The highest BCUT2D eigenvalue weighted by Gasteiger charge is 2.39. The number of nitrogens with zero attached hydrogens (tertiary/aromatic N) is 2. The number of morpholine rings is 1. The number of amides is 3. The second-order valence-electron chi connectivity index (χ2n) is 9.07. The highest BCUT2D eigenvalue weighted by atomic mass is 31.1. The Bertz CT molecular complexity index is 1250. The normalized spacial score (nSPS) is 21.7. The summed E-state index contributed by atoms with van der Waals surface area (Å²) in [4.78, 5) is 39.5. The van der Waals surface area contributed by atoms with Gasteiger partial charge in [0, 0.05) is 17.8 Å². The molecule has 0 aromatic heterocycles. The Hall–Kier alpha value is -3.56. The maximum atomic E-state index is 13.2. The molecule has 1 N–H and O–H groups in total. The van der Waals surface area contributed by atoms with Crippen molar-refractivity contribution in [1.29, 1.82) is 0 Å². The molecule has 2 aromatic rings. The zero-order chi connectivity index (χ0) is 26.1. The van der Waals surface area contributed by atoms with E-state index in [1.54, 1.807) is 13.1 Å². The molecule has 3 atom stereocenters. The minimum atomic E-state index is -3.10. The minimum absolute atomic E-state index is 0.0281. The number of benzene rings is 2. The van der Waals surface area contributed by atoms with E-state index in [0.717, 1.165) is 27.8 Å². The van der Waals surface area contributed by atoms with Gasteiger partial charge in [-0.05, 0) is 39.3 Å². The third-order valence-corrected chi connectivity index (χ3v) is 7.08. The van der Waals surface area contributed by atoms with E-state index in [1.807, 2.05) is 36.4 Å². The van der Waals surface area contributed by atoms with E-state index >= 15 is 0 Å². The van der Waals surface area contributed by atoms with Crippen molar-refractivity contribution in [3.8, 4) is 11.1 Å². The molecule has 3 aliphatic rings. The van der Waals surface area contributed by atoms with Gasteiger partial charge in [0.25, 0.3) is 0 Å². The van der Waals surface area contributed by atoms with Crippen molar-refractivity contribution in [2.75, 3.05) is 26.3 Å². The lowest BCUT2D eigenvalue weighted by molar-refractivity contribution is -0.192. The van der Waals surface area contributed by atoms with Crippen LogP contribution in [0.25, 0.3) is 11.1 Å². The Morgan fingerprint density at radius 3 is 2.43 bits per heavy atom. The van der Waals surface area contributed by atoms with Gasteiger partial charge in [-0.3, -0.25) is 4.90 Å². The molecule has 192 valence electrons. The van der Waals surface area contributed by atoms with Crippen molar-refractivity contribution in [3.05, 3.63) is 83.7 Å². The fraction of sp³-hybridized carbons (Fsp3) is 0.308. The van der Waals surface area contributed by atoms with Gasteiger partial charge >= 0.3 is 20.4 Å². The highest BCUT2D eigenvalue weighted by molar-refractivity contribution is 7.30. The first-order chi connectivity index (χ1) is 17.8. The molecule has 5 rings (SSSR count). The minimum Gasteiger partial charge on any atom is -0.566 e. The number of carbonyl (C=O) groups excluding carboxylic acids is 2. The SMILES string of the molecule is C=C1NC(=O)N(C2CN(C(=O)OCC3c4ccccc4-c4ccccc43)CC(CO[P+](=O)[O-])O2)C=C1C. The van der Waals surface area contributed by atoms with Crippen LogP contribution in [0.3, 0.4) is 0 Å². The topological polar surface area (TPSA) is 120 Å². The van der Waals surface area contributed by atoms with E-state index < -0.39 is 32.7 Å². The Balaban J connectivity index is 1.32. The summed E-state index contributed by atoms with van der Waals surface area (Å²) in [6.07, 6.45) is -0.678. The molecule has 2 heterocycles. The van der Waals surface area contributed by atoms with Crippen LogP contribution < -0.4 is 10.2 Å². The van der Waals surface area contributed by atoms with Gasteiger partial charge in [-0.1, -0.05) is 55.1 Å². The van der Waals surface area contributed by atoms with Crippen LogP contribution in [0.15, 0.2) is 72.6 Å². The van der Waals surface area contributed by atoms with Crippen molar-refractivity contribution in [2.24, 2.45) is 0 Å². The standard InChI is InChI=1S/C26H26N3O7P/c1-16-11-29(25(30)27-17(16)2)24-13-28(12-18(36-24)14-35-37(32)33)26(31)34-15-23-21-9-5-3-7-19(21)20-8-4-6-10-22(20)23/h3-11,18,23-24H,2,12-15H2,1H3,(H,27,30). The lowest BCUT2D eigenvalue weighted by Crippen LogP contribution is -2.59. The Morgan fingerprint density at radius 2 is 1.78 bits per heavy atom. The Morgan fingerprint density at radius 1 is 1.14 bits per heavy atom. The molecule has 2 aromatic carbocycles. The third-order valence-electron chi connectivity index (χ3n) is 6.72. The summed E-state index contributed by atoms with van der Waals surface area (Å²) in [6.45, 7) is 5.47. The smallest absolute Gasteiger partial charge is 0.488 e. The molecule has 0 radical (unpaired) electrons. The molecule has 10 nitrogen and oxygen atoms in total. The number of fused-ring (bicyclic) bond motifs is 3. The summed E-state index contributed by atoms with van der Waals surface area (Å²) in [7, 11) is -3.10. The first kappa shape index (κ1) is 25.1. The summed E-state index contributed by atoms with van der Waals surface area (Å²) in [5.74, 6) is -0.110. The molecule has 2 aliphatic heterocycles. The average molecular weight is 523 g/mol. The van der Waals surface area contributed by atoms with Gasteiger partial charge in [0.05, 0.1) is 13.1 Å². The van der Waals surface area contributed by atoms with Gasteiger partial charge in [-0.2, -0.15) is 0 Å².